The first-order chi connectivity index (χ1) is 9.19. The van der Waals surface area contributed by atoms with Crippen LogP contribution in [-0.4, -0.2) is 35.6 Å². The minimum atomic E-state index is -0.522. The fourth-order valence-corrected chi connectivity index (χ4v) is 1.74. The lowest BCUT2D eigenvalue weighted by molar-refractivity contribution is 0.249. The van der Waals surface area contributed by atoms with Gasteiger partial charge in [-0.15, -0.1) is 0 Å². The molecule has 0 aliphatic heterocycles. The Balaban J connectivity index is 2.69. The van der Waals surface area contributed by atoms with Gasteiger partial charge in [0.25, 0.3) is 0 Å². The summed E-state index contributed by atoms with van der Waals surface area (Å²) in [5.74, 6) is 1.67. The fraction of sp³-hybridized carbons (Fsp3) is 0.583. The van der Waals surface area contributed by atoms with E-state index in [2.05, 4.69) is 32.8 Å². The molecule has 7 nitrogen and oxygen atoms in total. The maximum Gasteiger partial charge on any atom is 0.312 e. The van der Waals surface area contributed by atoms with Gasteiger partial charge >= 0.3 is 6.03 Å². The van der Waals surface area contributed by atoms with Gasteiger partial charge in [-0.3, -0.25) is 0 Å². The van der Waals surface area contributed by atoms with E-state index in [9.17, 15) is 4.79 Å². The zero-order valence-electron chi connectivity index (χ0n) is 11.5. The van der Waals surface area contributed by atoms with Crippen LogP contribution in [0.15, 0.2) is 6.33 Å². The third-order valence-electron chi connectivity index (χ3n) is 2.51. The van der Waals surface area contributed by atoms with Crippen LogP contribution < -0.4 is 21.7 Å². The van der Waals surface area contributed by atoms with E-state index < -0.39 is 6.03 Å². The second-order valence-electron chi connectivity index (χ2n) is 4.05. The first-order valence-corrected chi connectivity index (χ1v) is 6.53. The highest BCUT2D eigenvalue weighted by atomic mass is 16.2. The number of urea groups is 1. The Morgan fingerprint density at radius 3 is 2.47 bits per heavy atom. The van der Waals surface area contributed by atoms with Crippen molar-refractivity contribution in [1.29, 1.82) is 0 Å². The van der Waals surface area contributed by atoms with E-state index in [1.165, 1.54) is 6.33 Å². The zero-order chi connectivity index (χ0) is 14.1. The largest absolute Gasteiger partial charge is 0.370 e. The summed E-state index contributed by atoms with van der Waals surface area (Å²) in [7, 11) is 0. The molecule has 2 amide bonds. The number of nitrogens with zero attached hydrogens (tertiary/aromatic N) is 2. The summed E-state index contributed by atoms with van der Waals surface area (Å²) in [5.41, 5.74) is 6.07. The molecule has 7 heteroatoms. The third kappa shape index (κ3) is 4.99. The number of hydrogen-bond donors (Lipinski definition) is 4. The third-order valence-corrected chi connectivity index (χ3v) is 2.51. The van der Waals surface area contributed by atoms with Crippen LogP contribution in [0.3, 0.4) is 0 Å². The van der Waals surface area contributed by atoms with Gasteiger partial charge in [0.05, 0.1) is 0 Å². The molecule has 1 aromatic heterocycles. The van der Waals surface area contributed by atoms with Crippen molar-refractivity contribution in [3.63, 3.8) is 0 Å². The van der Waals surface area contributed by atoms with Gasteiger partial charge < -0.3 is 21.7 Å². The molecule has 1 heterocycles. The highest BCUT2D eigenvalue weighted by Gasteiger charge is 2.09. The molecule has 0 bridgehead atoms. The SMILES string of the molecule is CCCc1c(NCC)ncnc1NCCNC(N)=O. The first-order valence-electron chi connectivity index (χ1n) is 6.53. The number of anilines is 2. The molecule has 0 aromatic carbocycles. The summed E-state index contributed by atoms with van der Waals surface area (Å²) < 4.78 is 0. The molecule has 1 rings (SSSR count). The molecule has 0 fully saturated rings. The van der Waals surface area contributed by atoms with Crippen LogP contribution in [0.25, 0.3) is 0 Å². The summed E-state index contributed by atoms with van der Waals surface area (Å²) in [6.45, 7) is 5.99. The molecule has 0 saturated carbocycles. The molecule has 5 N–H and O–H groups in total. The average Bonchev–Trinajstić information content (AvgIpc) is 2.38. The molecule has 0 saturated heterocycles. The van der Waals surface area contributed by atoms with Crippen molar-refractivity contribution in [1.82, 2.24) is 15.3 Å². The lowest BCUT2D eigenvalue weighted by atomic mass is 10.1. The van der Waals surface area contributed by atoms with Gasteiger partial charge in [-0.2, -0.15) is 0 Å². The molecule has 106 valence electrons. The molecule has 1 aromatic rings. The second-order valence-corrected chi connectivity index (χ2v) is 4.05. The molecule has 0 aliphatic rings. The van der Waals surface area contributed by atoms with Crippen molar-refractivity contribution < 1.29 is 4.79 Å². The van der Waals surface area contributed by atoms with Crippen molar-refractivity contribution in [2.75, 3.05) is 30.3 Å². The van der Waals surface area contributed by atoms with Crippen LogP contribution in [0.2, 0.25) is 0 Å². The number of rotatable bonds is 8. The number of nitrogens with one attached hydrogen (secondary N) is 3. The summed E-state index contributed by atoms with van der Waals surface area (Å²) in [6, 6.07) is -0.522. The number of amides is 2. The molecule has 19 heavy (non-hydrogen) atoms. The van der Waals surface area contributed by atoms with Gasteiger partial charge in [0.1, 0.15) is 18.0 Å². The van der Waals surface area contributed by atoms with E-state index in [1.807, 2.05) is 6.92 Å². The van der Waals surface area contributed by atoms with Crippen LogP contribution in [0.4, 0.5) is 16.4 Å². The molecule has 0 aliphatic carbocycles. The van der Waals surface area contributed by atoms with E-state index in [1.54, 1.807) is 0 Å². The van der Waals surface area contributed by atoms with Gasteiger partial charge in [0, 0.05) is 25.2 Å². The standard InChI is InChI=1S/C12H22N6O/c1-3-5-9-10(14-4-2)17-8-18-11(9)15-6-7-16-12(13)19/h8H,3-7H2,1-2H3,(H3,13,16,19)(H2,14,15,17,18). The summed E-state index contributed by atoms with van der Waals surface area (Å²) in [6.07, 6.45) is 3.44. The average molecular weight is 266 g/mol. The van der Waals surface area contributed by atoms with Crippen LogP contribution in [0, 0.1) is 0 Å². The molecular formula is C12H22N6O. The van der Waals surface area contributed by atoms with Crippen LogP contribution in [-0.2, 0) is 6.42 Å². The summed E-state index contributed by atoms with van der Waals surface area (Å²) in [4.78, 5) is 19.1. The van der Waals surface area contributed by atoms with Crippen molar-refractivity contribution in [2.24, 2.45) is 5.73 Å². The number of hydrogen-bond acceptors (Lipinski definition) is 5. The number of aromatic nitrogens is 2. The zero-order valence-corrected chi connectivity index (χ0v) is 11.5. The molecule has 0 atom stereocenters. The van der Waals surface area contributed by atoms with Gasteiger partial charge in [-0.05, 0) is 13.3 Å². The van der Waals surface area contributed by atoms with Gasteiger partial charge in [-0.1, -0.05) is 13.3 Å². The predicted molar refractivity (Wildman–Crippen MR) is 76.3 cm³/mol. The molecule has 0 unspecified atom stereocenters. The summed E-state index contributed by atoms with van der Waals surface area (Å²) >= 11 is 0. The van der Waals surface area contributed by atoms with Crippen molar-refractivity contribution in [3.05, 3.63) is 11.9 Å². The van der Waals surface area contributed by atoms with Gasteiger partial charge in [-0.25, -0.2) is 14.8 Å². The lowest BCUT2D eigenvalue weighted by Gasteiger charge is -2.14. The topological polar surface area (TPSA) is 105 Å². The fourth-order valence-electron chi connectivity index (χ4n) is 1.74. The highest BCUT2D eigenvalue weighted by Crippen LogP contribution is 2.21. The quantitative estimate of drug-likeness (QED) is 0.524. The Labute approximate surface area is 113 Å². The van der Waals surface area contributed by atoms with E-state index in [0.29, 0.717) is 13.1 Å². The minimum absolute atomic E-state index is 0.460. The number of primary amides is 1. The Morgan fingerprint density at radius 2 is 1.89 bits per heavy atom. The summed E-state index contributed by atoms with van der Waals surface area (Å²) in [5, 5.41) is 8.94. The molecular weight excluding hydrogens is 244 g/mol. The number of carbonyl (C=O) groups is 1. The monoisotopic (exact) mass is 266 g/mol. The van der Waals surface area contributed by atoms with Crippen LogP contribution in [0.5, 0.6) is 0 Å². The maximum atomic E-state index is 10.6. The van der Waals surface area contributed by atoms with Crippen molar-refractivity contribution in [3.8, 4) is 0 Å². The minimum Gasteiger partial charge on any atom is -0.370 e. The smallest absolute Gasteiger partial charge is 0.312 e. The predicted octanol–water partition coefficient (Wildman–Crippen LogP) is 0.941. The van der Waals surface area contributed by atoms with Crippen LogP contribution in [0.1, 0.15) is 25.8 Å². The van der Waals surface area contributed by atoms with E-state index in [4.69, 9.17) is 5.73 Å². The Bertz CT molecular complexity index is 409. The Morgan fingerprint density at radius 1 is 1.21 bits per heavy atom. The molecule has 0 radical (unpaired) electrons. The van der Waals surface area contributed by atoms with E-state index in [-0.39, 0.29) is 0 Å². The normalized spacial score (nSPS) is 10.0. The van der Waals surface area contributed by atoms with E-state index >= 15 is 0 Å². The Kier molecular flexibility index (Phi) is 6.42. The first kappa shape index (κ1) is 15.0. The second kappa shape index (κ2) is 8.12. The van der Waals surface area contributed by atoms with E-state index in [0.717, 1.165) is 36.6 Å². The maximum absolute atomic E-state index is 10.6. The van der Waals surface area contributed by atoms with Crippen molar-refractivity contribution >= 4 is 17.7 Å². The number of carbonyl (C=O) groups excluding carboxylic acids is 1. The Hall–Kier alpha value is -2.05. The molecule has 0 spiro atoms. The lowest BCUT2D eigenvalue weighted by Crippen LogP contribution is -2.33. The van der Waals surface area contributed by atoms with Crippen LogP contribution >= 0.6 is 0 Å². The van der Waals surface area contributed by atoms with Gasteiger partial charge in [0.15, 0.2) is 0 Å². The van der Waals surface area contributed by atoms with Crippen molar-refractivity contribution in [2.45, 2.75) is 26.7 Å². The number of nitrogens with two attached hydrogens (primary N) is 1. The highest BCUT2D eigenvalue weighted by molar-refractivity contribution is 5.71. The van der Waals surface area contributed by atoms with Gasteiger partial charge in [0.2, 0.25) is 0 Å².